The summed E-state index contributed by atoms with van der Waals surface area (Å²) in [5.41, 5.74) is 1.75. The van der Waals surface area contributed by atoms with Crippen molar-refractivity contribution in [3.8, 4) is 11.8 Å². The van der Waals surface area contributed by atoms with Gasteiger partial charge in [0.2, 0.25) is 0 Å². The first-order valence-corrected chi connectivity index (χ1v) is 9.27. The van der Waals surface area contributed by atoms with Crippen LogP contribution in [0.25, 0.3) is 0 Å². The van der Waals surface area contributed by atoms with Crippen molar-refractivity contribution < 1.29 is 14.3 Å². The molecule has 0 heterocycles. The average molecular weight is 379 g/mol. The standard InChI is InChI=1S/C22H25N3O3/c1-4-15(2)25-22(27)18-10-7-8-17(12-18)14-24-21(26)16(3)28-20-11-6-5-9-19(20)13-23/h5-12,15-16H,4,14H2,1-3H3,(H,24,26)(H,25,27). The fourth-order valence-electron chi connectivity index (χ4n) is 2.47. The highest BCUT2D eigenvalue weighted by Crippen LogP contribution is 2.18. The Balaban J connectivity index is 1.94. The van der Waals surface area contributed by atoms with Crippen molar-refractivity contribution in [3.05, 3.63) is 65.2 Å². The Morgan fingerprint density at radius 1 is 1.14 bits per heavy atom. The molecule has 28 heavy (non-hydrogen) atoms. The zero-order chi connectivity index (χ0) is 20.5. The molecule has 0 aromatic heterocycles. The van der Waals surface area contributed by atoms with Gasteiger partial charge in [-0.15, -0.1) is 0 Å². The summed E-state index contributed by atoms with van der Waals surface area (Å²) in [5, 5.41) is 14.8. The summed E-state index contributed by atoms with van der Waals surface area (Å²) in [6.45, 7) is 5.86. The lowest BCUT2D eigenvalue weighted by Gasteiger charge is -2.16. The molecule has 2 amide bonds. The van der Waals surface area contributed by atoms with Crippen LogP contribution in [-0.4, -0.2) is 24.0 Å². The van der Waals surface area contributed by atoms with E-state index >= 15 is 0 Å². The van der Waals surface area contributed by atoms with Gasteiger partial charge in [-0.05, 0) is 50.1 Å². The second-order valence-corrected chi connectivity index (χ2v) is 6.57. The van der Waals surface area contributed by atoms with E-state index in [2.05, 4.69) is 10.6 Å². The molecule has 0 aliphatic rings. The van der Waals surface area contributed by atoms with Gasteiger partial charge in [-0.1, -0.05) is 31.2 Å². The Kier molecular flexibility index (Phi) is 7.58. The van der Waals surface area contributed by atoms with E-state index in [4.69, 9.17) is 10.00 Å². The van der Waals surface area contributed by atoms with Crippen molar-refractivity contribution in [2.75, 3.05) is 0 Å². The van der Waals surface area contributed by atoms with Crippen molar-refractivity contribution in [2.45, 2.75) is 45.9 Å². The summed E-state index contributed by atoms with van der Waals surface area (Å²) in [6, 6.07) is 16.0. The maximum absolute atomic E-state index is 12.3. The van der Waals surface area contributed by atoms with Gasteiger partial charge in [0.05, 0.1) is 5.56 Å². The molecule has 2 atom stereocenters. The Morgan fingerprint density at radius 3 is 2.61 bits per heavy atom. The van der Waals surface area contributed by atoms with E-state index in [1.54, 1.807) is 49.4 Å². The van der Waals surface area contributed by atoms with Crippen LogP contribution < -0.4 is 15.4 Å². The predicted molar refractivity (Wildman–Crippen MR) is 107 cm³/mol. The highest BCUT2D eigenvalue weighted by Gasteiger charge is 2.16. The molecule has 146 valence electrons. The van der Waals surface area contributed by atoms with Crippen LogP contribution in [0.1, 0.15) is 48.7 Å². The molecule has 2 N–H and O–H groups in total. The molecular formula is C22H25N3O3. The van der Waals surface area contributed by atoms with Crippen molar-refractivity contribution in [3.63, 3.8) is 0 Å². The van der Waals surface area contributed by atoms with E-state index in [1.807, 2.05) is 26.0 Å². The maximum Gasteiger partial charge on any atom is 0.261 e. The number of amides is 2. The van der Waals surface area contributed by atoms with Crippen molar-refractivity contribution >= 4 is 11.8 Å². The van der Waals surface area contributed by atoms with Gasteiger partial charge in [-0.2, -0.15) is 5.26 Å². The van der Waals surface area contributed by atoms with Gasteiger partial charge in [0, 0.05) is 18.2 Å². The molecule has 0 aliphatic carbocycles. The number of rotatable bonds is 8. The fraction of sp³-hybridized carbons (Fsp3) is 0.318. The quantitative estimate of drug-likeness (QED) is 0.737. The third-order valence-electron chi connectivity index (χ3n) is 4.33. The first kappa shape index (κ1) is 21.0. The summed E-state index contributed by atoms with van der Waals surface area (Å²) in [6.07, 6.45) is 0.0975. The summed E-state index contributed by atoms with van der Waals surface area (Å²) in [4.78, 5) is 24.6. The third-order valence-corrected chi connectivity index (χ3v) is 4.33. The Morgan fingerprint density at radius 2 is 1.89 bits per heavy atom. The minimum atomic E-state index is -0.758. The van der Waals surface area contributed by atoms with E-state index in [0.717, 1.165) is 12.0 Å². The Bertz CT molecular complexity index is 873. The van der Waals surface area contributed by atoms with Gasteiger partial charge in [-0.25, -0.2) is 0 Å². The van der Waals surface area contributed by atoms with Crippen LogP contribution in [0.2, 0.25) is 0 Å². The Labute approximate surface area is 165 Å². The number of carbonyl (C=O) groups is 2. The summed E-state index contributed by atoms with van der Waals surface area (Å²) in [7, 11) is 0. The number of para-hydroxylation sites is 1. The molecule has 0 saturated carbocycles. The normalized spacial score (nSPS) is 12.4. The summed E-state index contributed by atoms with van der Waals surface area (Å²) in [5.74, 6) is -0.0640. The monoisotopic (exact) mass is 379 g/mol. The number of ether oxygens (including phenoxy) is 1. The van der Waals surface area contributed by atoms with Crippen LogP contribution in [0.5, 0.6) is 5.75 Å². The van der Waals surface area contributed by atoms with Gasteiger partial charge in [0.1, 0.15) is 11.8 Å². The number of hydrogen-bond donors (Lipinski definition) is 2. The minimum Gasteiger partial charge on any atom is -0.480 e. The minimum absolute atomic E-state index is 0.102. The molecule has 0 saturated heterocycles. The SMILES string of the molecule is CCC(C)NC(=O)c1cccc(CNC(=O)C(C)Oc2ccccc2C#N)c1. The van der Waals surface area contributed by atoms with Crippen LogP contribution in [0.4, 0.5) is 0 Å². The molecule has 0 fully saturated rings. The molecule has 2 aromatic rings. The van der Waals surface area contributed by atoms with Gasteiger partial charge in [0.15, 0.2) is 6.10 Å². The van der Waals surface area contributed by atoms with Crippen LogP contribution in [0.15, 0.2) is 48.5 Å². The highest BCUT2D eigenvalue weighted by atomic mass is 16.5. The van der Waals surface area contributed by atoms with Gasteiger partial charge >= 0.3 is 0 Å². The van der Waals surface area contributed by atoms with Gasteiger partial charge in [-0.3, -0.25) is 9.59 Å². The molecule has 0 aliphatic heterocycles. The lowest BCUT2D eigenvalue weighted by atomic mass is 10.1. The van der Waals surface area contributed by atoms with E-state index in [0.29, 0.717) is 16.9 Å². The first-order valence-electron chi connectivity index (χ1n) is 9.27. The lowest BCUT2D eigenvalue weighted by Crippen LogP contribution is -2.36. The molecular weight excluding hydrogens is 354 g/mol. The van der Waals surface area contributed by atoms with Crippen LogP contribution >= 0.6 is 0 Å². The third kappa shape index (κ3) is 5.85. The second kappa shape index (κ2) is 10.1. The summed E-state index contributed by atoms with van der Waals surface area (Å²) >= 11 is 0. The second-order valence-electron chi connectivity index (χ2n) is 6.57. The molecule has 0 radical (unpaired) electrons. The highest BCUT2D eigenvalue weighted by molar-refractivity contribution is 5.94. The van der Waals surface area contributed by atoms with Crippen LogP contribution in [0.3, 0.4) is 0 Å². The average Bonchev–Trinajstić information content (AvgIpc) is 2.72. The zero-order valence-corrected chi connectivity index (χ0v) is 16.4. The zero-order valence-electron chi connectivity index (χ0n) is 16.4. The van der Waals surface area contributed by atoms with E-state index in [9.17, 15) is 9.59 Å². The number of nitrogens with zero attached hydrogens (tertiary/aromatic N) is 1. The van der Waals surface area contributed by atoms with Crippen molar-refractivity contribution in [2.24, 2.45) is 0 Å². The van der Waals surface area contributed by atoms with Gasteiger partial charge in [0.25, 0.3) is 11.8 Å². The number of nitrogens with one attached hydrogen (secondary N) is 2. The smallest absolute Gasteiger partial charge is 0.261 e. The van der Waals surface area contributed by atoms with Crippen molar-refractivity contribution in [1.29, 1.82) is 5.26 Å². The molecule has 6 nitrogen and oxygen atoms in total. The number of nitriles is 1. The molecule has 2 aromatic carbocycles. The number of hydrogen-bond acceptors (Lipinski definition) is 4. The van der Waals surface area contributed by atoms with Crippen molar-refractivity contribution in [1.82, 2.24) is 10.6 Å². The Hall–Kier alpha value is -3.33. The predicted octanol–water partition coefficient (Wildman–Crippen LogP) is 3.17. The topological polar surface area (TPSA) is 91.2 Å². The lowest BCUT2D eigenvalue weighted by molar-refractivity contribution is -0.127. The largest absolute Gasteiger partial charge is 0.480 e. The molecule has 2 unspecified atom stereocenters. The van der Waals surface area contributed by atoms with Crippen LogP contribution in [-0.2, 0) is 11.3 Å². The van der Waals surface area contributed by atoms with E-state index in [-0.39, 0.29) is 24.4 Å². The number of benzene rings is 2. The first-order chi connectivity index (χ1) is 13.4. The van der Waals surface area contributed by atoms with E-state index < -0.39 is 6.10 Å². The van der Waals surface area contributed by atoms with Crippen LogP contribution in [0, 0.1) is 11.3 Å². The van der Waals surface area contributed by atoms with Gasteiger partial charge < -0.3 is 15.4 Å². The number of carbonyl (C=O) groups excluding carboxylic acids is 2. The molecule has 0 spiro atoms. The maximum atomic E-state index is 12.3. The fourth-order valence-corrected chi connectivity index (χ4v) is 2.47. The molecule has 0 bridgehead atoms. The van der Waals surface area contributed by atoms with E-state index in [1.165, 1.54) is 0 Å². The molecule has 2 rings (SSSR count). The summed E-state index contributed by atoms with van der Waals surface area (Å²) < 4.78 is 5.61. The molecule has 6 heteroatoms.